The third-order valence-corrected chi connectivity index (χ3v) is 6.00. The summed E-state index contributed by atoms with van der Waals surface area (Å²) in [7, 11) is 0. The standard InChI is InChI=1S/C20H22N4O2/c1-20(2,24-17(25)14-8-3-4-9-15(14)18(24)26)19-22-21-16(12-6-5-7-12)23(19)13-10-11-13/h3-4,8-9,12-13H,5-7,10-11H2,1-2H3. The van der Waals surface area contributed by atoms with Gasteiger partial charge in [0.25, 0.3) is 11.8 Å². The first-order valence-electron chi connectivity index (χ1n) is 9.43. The van der Waals surface area contributed by atoms with Crippen molar-refractivity contribution in [1.29, 1.82) is 0 Å². The molecule has 1 aliphatic heterocycles. The van der Waals surface area contributed by atoms with Crippen molar-refractivity contribution in [1.82, 2.24) is 19.7 Å². The molecule has 6 nitrogen and oxygen atoms in total. The highest BCUT2D eigenvalue weighted by atomic mass is 16.2. The van der Waals surface area contributed by atoms with Crippen molar-refractivity contribution in [2.75, 3.05) is 0 Å². The molecule has 3 aliphatic rings. The molecule has 0 radical (unpaired) electrons. The number of hydrogen-bond donors (Lipinski definition) is 0. The first-order valence-corrected chi connectivity index (χ1v) is 9.43. The van der Waals surface area contributed by atoms with Crippen LogP contribution in [0.2, 0.25) is 0 Å². The van der Waals surface area contributed by atoms with E-state index >= 15 is 0 Å². The maximum absolute atomic E-state index is 13.0. The normalized spacial score (nSPS) is 20.5. The number of nitrogens with zero attached hydrogens (tertiary/aromatic N) is 4. The summed E-state index contributed by atoms with van der Waals surface area (Å²) in [6, 6.07) is 7.43. The molecule has 2 aliphatic carbocycles. The molecular formula is C20H22N4O2. The SMILES string of the molecule is CC(C)(c1nnc(C2CCC2)n1C1CC1)N1C(=O)c2ccccc2C1=O. The number of hydrogen-bond acceptors (Lipinski definition) is 4. The van der Waals surface area contributed by atoms with Crippen LogP contribution in [0, 0.1) is 0 Å². The van der Waals surface area contributed by atoms with Crippen molar-refractivity contribution in [3.05, 3.63) is 47.0 Å². The summed E-state index contributed by atoms with van der Waals surface area (Å²) in [5, 5.41) is 9.00. The van der Waals surface area contributed by atoms with E-state index in [1.54, 1.807) is 24.3 Å². The van der Waals surface area contributed by atoms with Crippen LogP contribution in [0.25, 0.3) is 0 Å². The van der Waals surface area contributed by atoms with E-state index in [9.17, 15) is 9.59 Å². The number of rotatable bonds is 4. The van der Waals surface area contributed by atoms with Crippen LogP contribution in [0.1, 0.15) is 90.3 Å². The average molecular weight is 350 g/mol. The summed E-state index contributed by atoms with van der Waals surface area (Å²) >= 11 is 0. The summed E-state index contributed by atoms with van der Waals surface area (Å²) in [5.74, 6) is 1.75. The average Bonchev–Trinajstić information content (AvgIpc) is 3.26. The number of benzene rings is 1. The minimum Gasteiger partial charge on any atom is -0.310 e. The smallest absolute Gasteiger partial charge is 0.262 e. The van der Waals surface area contributed by atoms with Crippen LogP contribution in [-0.2, 0) is 5.54 Å². The fourth-order valence-corrected chi connectivity index (χ4v) is 4.16. The molecule has 1 aromatic heterocycles. The lowest BCUT2D eigenvalue weighted by atomic mass is 9.84. The molecule has 2 saturated carbocycles. The van der Waals surface area contributed by atoms with Gasteiger partial charge in [-0.15, -0.1) is 10.2 Å². The summed E-state index contributed by atoms with van der Waals surface area (Å²) in [6.45, 7) is 3.81. The largest absolute Gasteiger partial charge is 0.310 e. The van der Waals surface area contributed by atoms with Crippen LogP contribution in [0.3, 0.4) is 0 Å². The number of fused-ring (bicyclic) bond motifs is 1. The van der Waals surface area contributed by atoms with Crippen molar-refractivity contribution in [2.45, 2.75) is 63.5 Å². The molecule has 0 atom stereocenters. The Labute approximate surface area is 152 Å². The Morgan fingerprint density at radius 1 is 0.962 bits per heavy atom. The van der Waals surface area contributed by atoms with Gasteiger partial charge in [0.1, 0.15) is 11.4 Å². The number of carbonyl (C=O) groups excluding carboxylic acids is 2. The van der Waals surface area contributed by atoms with Gasteiger partial charge >= 0.3 is 0 Å². The first-order chi connectivity index (χ1) is 12.5. The fourth-order valence-electron chi connectivity index (χ4n) is 4.16. The van der Waals surface area contributed by atoms with Crippen molar-refractivity contribution in [3.63, 3.8) is 0 Å². The van der Waals surface area contributed by atoms with Crippen LogP contribution in [0.4, 0.5) is 0 Å². The second-order valence-corrected chi connectivity index (χ2v) is 8.16. The van der Waals surface area contributed by atoms with Gasteiger partial charge < -0.3 is 4.57 Å². The van der Waals surface area contributed by atoms with E-state index < -0.39 is 5.54 Å². The Kier molecular flexibility index (Phi) is 3.18. The van der Waals surface area contributed by atoms with E-state index in [4.69, 9.17) is 0 Å². The molecule has 6 heteroatoms. The summed E-state index contributed by atoms with van der Waals surface area (Å²) in [4.78, 5) is 27.3. The summed E-state index contributed by atoms with van der Waals surface area (Å²) in [5.41, 5.74) is 0.106. The number of amides is 2. The van der Waals surface area contributed by atoms with E-state index in [1.807, 2.05) is 13.8 Å². The van der Waals surface area contributed by atoms with Gasteiger partial charge in [-0.3, -0.25) is 14.5 Å². The van der Waals surface area contributed by atoms with Crippen molar-refractivity contribution in [2.24, 2.45) is 0 Å². The number of imide groups is 1. The maximum Gasteiger partial charge on any atom is 0.262 e. The summed E-state index contributed by atoms with van der Waals surface area (Å²) < 4.78 is 2.23. The van der Waals surface area contributed by atoms with E-state index in [0.717, 1.165) is 37.3 Å². The van der Waals surface area contributed by atoms with Gasteiger partial charge in [-0.1, -0.05) is 18.6 Å². The van der Waals surface area contributed by atoms with Crippen LogP contribution >= 0.6 is 0 Å². The predicted molar refractivity (Wildman–Crippen MR) is 94.9 cm³/mol. The van der Waals surface area contributed by atoms with Crippen LogP contribution in [0.5, 0.6) is 0 Å². The summed E-state index contributed by atoms with van der Waals surface area (Å²) in [6.07, 6.45) is 5.77. The number of carbonyl (C=O) groups is 2. The minimum absolute atomic E-state index is 0.244. The van der Waals surface area contributed by atoms with Crippen LogP contribution in [0.15, 0.2) is 24.3 Å². The van der Waals surface area contributed by atoms with E-state index in [2.05, 4.69) is 14.8 Å². The Morgan fingerprint density at radius 3 is 2.08 bits per heavy atom. The van der Waals surface area contributed by atoms with Crippen LogP contribution in [-0.4, -0.2) is 31.5 Å². The Morgan fingerprint density at radius 2 is 1.58 bits per heavy atom. The van der Waals surface area contributed by atoms with Gasteiger partial charge in [0, 0.05) is 12.0 Å². The Balaban J connectivity index is 1.59. The van der Waals surface area contributed by atoms with E-state index in [0.29, 0.717) is 23.1 Å². The molecule has 134 valence electrons. The molecule has 2 amide bonds. The fraction of sp³-hybridized carbons (Fsp3) is 0.500. The van der Waals surface area contributed by atoms with E-state index in [-0.39, 0.29) is 11.8 Å². The first kappa shape index (κ1) is 15.7. The molecule has 1 aromatic carbocycles. The number of aromatic nitrogens is 3. The molecule has 0 saturated heterocycles. The Hall–Kier alpha value is -2.50. The molecule has 26 heavy (non-hydrogen) atoms. The van der Waals surface area contributed by atoms with Crippen molar-refractivity contribution in [3.8, 4) is 0 Å². The second kappa shape index (κ2) is 5.25. The topological polar surface area (TPSA) is 68.1 Å². The third-order valence-electron chi connectivity index (χ3n) is 6.00. The zero-order chi connectivity index (χ0) is 18.1. The van der Waals surface area contributed by atoms with Gasteiger partial charge in [0.15, 0.2) is 5.82 Å². The molecule has 0 unspecified atom stereocenters. The van der Waals surface area contributed by atoms with Crippen LogP contribution < -0.4 is 0 Å². The lowest BCUT2D eigenvalue weighted by Gasteiger charge is -2.34. The highest BCUT2D eigenvalue weighted by Gasteiger charge is 2.49. The van der Waals surface area contributed by atoms with Gasteiger partial charge in [-0.05, 0) is 51.7 Å². The highest BCUT2D eigenvalue weighted by Crippen LogP contribution is 2.45. The van der Waals surface area contributed by atoms with Gasteiger partial charge in [-0.2, -0.15) is 0 Å². The zero-order valence-corrected chi connectivity index (χ0v) is 15.1. The minimum atomic E-state index is -0.842. The second-order valence-electron chi connectivity index (χ2n) is 8.16. The maximum atomic E-state index is 13.0. The monoisotopic (exact) mass is 350 g/mol. The molecule has 2 heterocycles. The molecule has 2 aromatic rings. The van der Waals surface area contributed by atoms with Gasteiger partial charge in [0.05, 0.1) is 11.1 Å². The predicted octanol–water partition coefficient (Wildman–Crippen LogP) is 3.41. The lowest BCUT2D eigenvalue weighted by molar-refractivity contribution is 0.0453. The molecule has 0 spiro atoms. The Bertz CT molecular complexity index is 887. The molecule has 5 rings (SSSR count). The molecule has 0 bridgehead atoms. The third kappa shape index (κ3) is 2.04. The van der Waals surface area contributed by atoms with E-state index in [1.165, 1.54) is 11.3 Å². The zero-order valence-electron chi connectivity index (χ0n) is 15.1. The van der Waals surface area contributed by atoms with Crippen molar-refractivity contribution < 1.29 is 9.59 Å². The molecular weight excluding hydrogens is 328 g/mol. The molecule has 0 N–H and O–H groups in total. The molecule has 2 fully saturated rings. The lowest BCUT2D eigenvalue weighted by Crippen LogP contribution is -2.47. The van der Waals surface area contributed by atoms with Gasteiger partial charge in [0.2, 0.25) is 0 Å². The van der Waals surface area contributed by atoms with Gasteiger partial charge in [-0.25, -0.2) is 0 Å². The highest BCUT2D eigenvalue weighted by molar-refractivity contribution is 6.21. The quantitative estimate of drug-likeness (QED) is 0.793. The van der Waals surface area contributed by atoms with Crippen molar-refractivity contribution >= 4 is 11.8 Å².